The highest BCUT2D eigenvalue weighted by Gasteiger charge is 2.15. The molecule has 0 spiro atoms. The van der Waals surface area contributed by atoms with E-state index in [0.717, 1.165) is 10.6 Å². The molecule has 5 nitrogen and oxygen atoms in total. The van der Waals surface area contributed by atoms with E-state index >= 15 is 0 Å². The van der Waals surface area contributed by atoms with Crippen molar-refractivity contribution in [2.24, 2.45) is 0 Å². The van der Waals surface area contributed by atoms with Crippen LogP contribution in [0.3, 0.4) is 0 Å². The zero-order valence-electron chi connectivity index (χ0n) is 12.8. The molecule has 0 fully saturated rings. The summed E-state index contributed by atoms with van der Waals surface area (Å²) in [5, 5.41) is 15.0. The molecule has 0 heterocycles. The molecule has 1 rings (SSSR count). The van der Waals surface area contributed by atoms with Gasteiger partial charge < -0.3 is 15.4 Å². The maximum absolute atomic E-state index is 11.5. The van der Waals surface area contributed by atoms with Gasteiger partial charge in [0.1, 0.15) is 11.7 Å². The first-order chi connectivity index (χ1) is 9.87. The predicted molar refractivity (Wildman–Crippen MR) is 85.7 cm³/mol. The zero-order valence-corrected chi connectivity index (χ0v) is 13.6. The summed E-state index contributed by atoms with van der Waals surface area (Å²) in [6.45, 7) is 6.39. The van der Waals surface area contributed by atoms with Crippen molar-refractivity contribution in [2.45, 2.75) is 31.3 Å². The Balaban J connectivity index is 2.47. The van der Waals surface area contributed by atoms with E-state index in [1.54, 1.807) is 0 Å². The number of carbonyl (C=O) groups excluding carboxylic acids is 1. The second-order valence-electron chi connectivity index (χ2n) is 5.35. The van der Waals surface area contributed by atoms with Crippen LogP contribution in [0.15, 0.2) is 23.1 Å². The number of hydrogen-bond acceptors (Lipinski definition) is 5. The normalized spacial score (nSPS) is 10.6. The summed E-state index contributed by atoms with van der Waals surface area (Å²) in [5.74, 6) is 0. The molecule has 0 saturated carbocycles. The largest absolute Gasteiger partial charge is 0.444 e. The number of nitriles is 1. The first-order valence-corrected chi connectivity index (χ1v) is 7.87. The van der Waals surface area contributed by atoms with Crippen LogP contribution in [-0.4, -0.2) is 31.0 Å². The number of amides is 1. The Labute approximate surface area is 130 Å². The van der Waals surface area contributed by atoms with Gasteiger partial charge in [-0.2, -0.15) is 5.26 Å². The van der Waals surface area contributed by atoms with Crippen LogP contribution in [0.1, 0.15) is 26.3 Å². The molecule has 1 aromatic rings. The van der Waals surface area contributed by atoms with Crippen LogP contribution >= 0.6 is 11.8 Å². The van der Waals surface area contributed by atoms with Crippen LogP contribution in [0.4, 0.5) is 10.5 Å². The van der Waals surface area contributed by atoms with E-state index in [1.807, 2.05) is 45.2 Å². The first-order valence-electron chi connectivity index (χ1n) is 6.65. The molecule has 1 aromatic carbocycles. The van der Waals surface area contributed by atoms with E-state index < -0.39 is 11.7 Å². The summed E-state index contributed by atoms with van der Waals surface area (Å²) < 4.78 is 5.14. The summed E-state index contributed by atoms with van der Waals surface area (Å²) >= 11 is 1.53. The van der Waals surface area contributed by atoms with E-state index in [9.17, 15) is 10.1 Å². The molecule has 0 aliphatic carbocycles. The Kier molecular flexibility index (Phi) is 6.38. The fourth-order valence-electron chi connectivity index (χ4n) is 1.64. The first kappa shape index (κ1) is 17.2. The van der Waals surface area contributed by atoms with E-state index in [1.165, 1.54) is 11.8 Å². The average molecular weight is 307 g/mol. The molecule has 114 valence electrons. The van der Waals surface area contributed by atoms with Gasteiger partial charge in [-0.25, -0.2) is 4.79 Å². The third-order valence-electron chi connectivity index (χ3n) is 2.47. The highest BCUT2D eigenvalue weighted by molar-refractivity contribution is 7.98. The summed E-state index contributed by atoms with van der Waals surface area (Å²) in [7, 11) is 0. The van der Waals surface area contributed by atoms with Gasteiger partial charge in [-0.3, -0.25) is 0 Å². The number of rotatable bonds is 5. The zero-order chi connectivity index (χ0) is 15.9. The topological polar surface area (TPSA) is 74.2 Å². The third kappa shape index (κ3) is 5.96. The number of nitrogens with one attached hydrogen (secondary N) is 2. The monoisotopic (exact) mass is 307 g/mol. The lowest BCUT2D eigenvalue weighted by molar-refractivity contribution is 0.0530. The molecule has 0 unspecified atom stereocenters. The number of hydrogen-bond donors (Lipinski definition) is 2. The number of carbonyl (C=O) groups is 1. The van der Waals surface area contributed by atoms with Crippen LogP contribution in [0.5, 0.6) is 0 Å². The molecule has 2 N–H and O–H groups in total. The Hall–Kier alpha value is -1.87. The van der Waals surface area contributed by atoms with E-state index in [-0.39, 0.29) is 0 Å². The molecule has 0 saturated heterocycles. The lowest BCUT2D eigenvalue weighted by Gasteiger charge is -2.19. The molecular formula is C15H21N3O2S. The molecule has 0 aliphatic heterocycles. The van der Waals surface area contributed by atoms with Crippen molar-refractivity contribution >= 4 is 23.5 Å². The predicted octanol–water partition coefficient (Wildman–Crippen LogP) is 3.22. The van der Waals surface area contributed by atoms with Crippen LogP contribution in [-0.2, 0) is 4.74 Å². The second-order valence-corrected chi connectivity index (χ2v) is 6.20. The van der Waals surface area contributed by atoms with Crippen molar-refractivity contribution in [3.05, 3.63) is 23.8 Å². The Bertz CT molecular complexity index is 533. The average Bonchev–Trinajstić information content (AvgIpc) is 2.41. The van der Waals surface area contributed by atoms with Gasteiger partial charge in [0.15, 0.2) is 0 Å². The van der Waals surface area contributed by atoms with E-state index in [2.05, 4.69) is 16.7 Å². The van der Waals surface area contributed by atoms with Crippen molar-refractivity contribution in [3.63, 3.8) is 0 Å². The van der Waals surface area contributed by atoms with Gasteiger partial charge in [-0.05, 0) is 39.2 Å². The maximum atomic E-state index is 11.5. The summed E-state index contributed by atoms with van der Waals surface area (Å²) in [5.41, 5.74) is 0.899. The molecule has 0 radical (unpaired) electrons. The molecule has 0 aromatic heterocycles. The van der Waals surface area contributed by atoms with Gasteiger partial charge in [0.25, 0.3) is 0 Å². The third-order valence-corrected chi connectivity index (χ3v) is 3.25. The lowest BCUT2D eigenvalue weighted by Crippen LogP contribution is -2.35. The van der Waals surface area contributed by atoms with Crippen LogP contribution in [0.25, 0.3) is 0 Å². The molecule has 1 amide bonds. The highest BCUT2D eigenvalue weighted by atomic mass is 32.2. The molecule has 0 atom stereocenters. The Morgan fingerprint density at radius 2 is 2.10 bits per heavy atom. The number of benzene rings is 1. The molecule has 21 heavy (non-hydrogen) atoms. The van der Waals surface area contributed by atoms with Crippen molar-refractivity contribution in [1.82, 2.24) is 5.32 Å². The van der Waals surface area contributed by atoms with Gasteiger partial charge in [0.2, 0.25) is 0 Å². The quantitative estimate of drug-likeness (QED) is 0.645. The molecule has 0 aliphatic rings. The minimum atomic E-state index is -0.502. The highest BCUT2D eigenvalue weighted by Crippen LogP contribution is 2.25. The number of nitrogens with zero attached hydrogens (tertiary/aromatic N) is 1. The number of alkyl carbamates (subject to hydrolysis) is 1. The standard InChI is InChI=1S/C15H21N3O2S/c1-15(2,3)20-14(19)18-9-8-17-12-6-5-7-13(21-4)11(12)10-16/h5-7,17H,8-9H2,1-4H3,(H,18,19). The number of thioether (sulfide) groups is 1. The fourth-order valence-corrected chi connectivity index (χ4v) is 2.21. The lowest BCUT2D eigenvalue weighted by atomic mass is 10.2. The SMILES string of the molecule is CSc1cccc(NCCNC(=O)OC(C)(C)C)c1C#N. The van der Waals surface area contributed by atoms with Gasteiger partial charge in [0.05, 0.1) is 11.3 Å². The summed E-state index contributed by atoms with van der Waals surface area (Å²) in [6, 6.07) is 7.86. The van der Waals surface area contributed by atoms with Gasteiger partial charge in [0, 0.05) is 18.0 Å². The maximum Gasteiger partial charge on any atom is 0.407 e. The van der Waals surface area contributed by atoms with Gasteiger partial charge in [-0.15, -0.1) is 11.8 Å². The molecule has 0 bridgehead atoms. The second kappa shape index (κ2) is 7.79. The molecule has 6 heteroatoms. The van der Waals surface area contributed by atoms with Crippen LogP contribution in [0.2, 0.25) is 0 Å². The Morgan fingerprint density at radius 3 is 2.67 bits per heavy atom. The fraction of sp³-hybridized carbons (Fsp3) is 0.467. The molecular weight excluding hydrogens is 286 g/mol. The van der Waals surface area contributed by atoms with Crippen LogP contribution in [0, 0.1) is 11.3 Å². The van der Waals surface area contributed by atoms with E-state index in [4.69, 9.17) is 4.74 Å². The van der Waals surface area contributed by atoms with Crippen molar-refractivity contribution < 1.29 is 9.53 Å². The van der Waals surface area contributed by atoms with E-state index in [0.29, 0.717) is 18.7 Å². The number of ether oxygens (including phenoxy) is 1. The van der Waals surface area contributed by atoms with Crippen LogP contribution < -0.4 is 10.6 Å². The minimum absolute atomic E-state index is 0.420. The van der Waals surface area contributed by atoms with Gasteiger partial charge >= 0.3 is 6.09 Å². The number of anilines is 1. The van der Waals surface area contributed by atoms with Crippen molar-refractivity contribution in [2.75, 3.05) is 24.7 Å². The summed E-state index contributed by atoms with van der Waals surface area (Å²) in [4.78, 5) is 12.4. The smallest absolute Gasteiger partial charge is 0.407 e. The summed E-state index contributed by atoms with van der Waals surface area (Å²) in [6.07, 6.45) is 1.49. The van der Waals surface area contributed by atoms with Crippen molar-refractivity contribution in [3.8, 4) is 6.07 Å². The van der Waals surface area contributed by atoms with Gasteiger partial charge in [-0.1, -0.05) is 6.07 Å². The minimum Gasteiger partial charge on any atom is -0.444 e. The van der Waals surface area contributed by atoms with Crippen molar-refractivity contribution in [1.29, 1.82) is 5.26 Å². The Morgan fingerprint density at radius 1 is 1.38 bits per heavy atom.